The van der Waals surface area contributed by atoms with E-state index in [-0.39, 0.29) is 17.6 Å². The van der Waals surface area contributed by atoms with E-state index in [1.807, 2.05) is 6.07 Å². The summed E-state index contributed by atoms with van der Waals surface area (Å²) in [4.78, 5) is 2.30. The van der Waals surface area contributed by atoms with Gasteiger partial charge in [-0.25, -0.2) is 0 Å². The molecule has 1 aliphatic heterocycles. The van der Waals surface area contributed by atoms with Crippen molar-refractivity contribution in [2.75, 3.05) is 26.7 Å². The third kappa shape index (κ3) is 4.62. The lowest BCUT2D eigenvalue weighted by Gasteiger charge is -2.35. The van der Waals surface area contributed by atoms with Crippen molar-refractivity contribution in [1.82, 2.24) is 4.90 Å². The van der Waals surface area contributed by atoms with E-state index in [1.54, 1.807) is 0 Å². The SMILES string of the molecule is CN1CCOC(C(Oc2ccc(C(C)(C)C)cc2)c2ccccc2)C1. The van der Waals surface area contributed by atoms with Crippen molar-refractivity contribution < 1.29 is 9.47 Å². The van der Waals surface area contributed by atoms with Gasteiger partial charge >= 0.3 is 0 Å². The average Bonchev–Trinajstić information content (AvgIpc) is 2.60. The Morgan fingerprint density at radius 3 is 2.32 bits per heavy atom. The number of benzene rings is 2. The zero-order chi connectivity index (χ0) is 17.9. The van der Waals surface area contributed by atoms with Crippen molar-refractivity contribution in [2.45, 2.75) is 38.4 Å². The molecule has 0 aromatic heterocycles. The van der Waals surface area contributed by atoms with Gasteiger partial charge in [-0.15, -0.1) is 0 Å². The van der Waals surface area contributed by atoms with Crippen LogP contribution in [-0.2, 0) is 10.2 Å². The van der Waals surface area contributed by atoms with Gasteiger partial charge in [-0.2, -0.15) is 0 Å². The predicted octanol–water partition coefficient (Wildman–Crippen LogP) is 4.43. The molecule has 0 bridgehead atoms. The fraction of sp³-hybridized carbons (Fsp3) is 0.455. The van der Waals surface area contributed by atoms with Crippen LogP contribution >= 0.6 is 0 Å². The van der Waals surface area contributed by atoms with Crippen LogP contribution in [0.15, 0.2) is 54.6 Å². The highest BCUT2D eigenvalue weighted by Crippen LogP contribution is 2.30. The van der Waals surface area contributed by atoms with E-state index < -0.39 is 0 Å². The van der Waals surface area contributed by atoms with Gasteiger partial charge in [0, 0.05) is 13.1 Å². The van der Waals surface area contributed by atoms with Gasteiger partial charge in [0.1, 0.15) is 11.9 Å². The summed E-state index contributed by atoms with van der Waals surface area (Å²) in [7, 11) is 2.13. The number of hydrogen-bond donors (Lipinski definition) is 0. The Hall–Kier alpha value is -1.84. The summed E-state index contributed by atoms with van der Waals surface area (Å²) in [5.41, 5.74) is 2.61. The first-order chi connectivity index (χ1) is 11.9. The van der Waals surface area contributed by atoms with Gasteiger partial charge in [0.25, 0.3) is 0 Å². The second-order valence-electron chi connectivity index (χ2n) is 7.89. The normalized spacial score (nSPS) is 20.2. The quantitative estimate of drug-likeness (QED) is 0.822. The van der Waals surface area contributed by atoms with Gasteiger partial charge in [-0.1, -0.05) is 63.2 Å². The third-order valence-corrected chi connectivity index (χ3v) is 4.75. The Kier molecular flexibility index (Phi) is 5.45. The molecule has 3 nitrogen and oxygen atoms in total. The van der Waals surface area contributed by atoms with Crippen molar-refractivity contribution in [3.8, 4) is 5.75 Å². The maximum absolute atomic E-state index is 6.40. The molecule has 0 aliphatic carbocycles. The Labute approximate surface area is 151 Å². The molecule has 1 fully saturated rings. The molecular weight excluding hydrogens is 310 g/mol. The van der Waals surface area contributed by atoms with Crippen molar-refractivity contribution in [3.05, 3.63) is 65.7 Å². The van der Waals surface area contributed by atoms with Gasteiger partial charge in [-0.3, -0.25) is 0 Å². The fourth-order valence-corrected chi connectivity index (χ4v) is 3.18. The number of hydrogen-bond acceptors (Lipinski definition) is 3. The summed E-state index contributed by atoms with van der Waals surface area (Å²) in [6, 6.07) is 18.8. The standard InChI is InChI=1S/C22H29NO2/c1-22(2,3)18-10-12-19(13-11-18)25-21(17-8-6-5-7-9-17)20-16-23(4)14-15-24-20/h5-13,20-21H,14-16H2,1-4H3. The van der Waals surface area contributed by atoms with Crippen molar-refractivity contribution in [1.29, 1.82) is 0 Å². The van der Waals surface area contributed by atoms with E-state index in [0.29, 0.717) is 0 Å². The Morgan fingerprint density at radius 2 is 1.72 bits per heavy atom. The smallest absolute Gasteiger partial charge is 0.151 e. The summed E-state index contributed by atoms with van der Waals surface area (Å²) in [5, 5.41) is 0. The maximum atomic E-state index is 6.40. The van der Waals surface area contributed by atoms with Gasteiger partial charge < -0.3 is 14.4 Å². The summed E-state index contributed by atoms with van der Waals surface area (Å²) < 4.78 is 12.5. The lowest BCUT2D eigenvalue weighted by atomic mass is 9.87. The van der Waals surface area contributed by atoms with E-state index in [0.717, 1.165) is 31.0 Å². The number of rotatable bonds is 4. The number of morpholine rings is 1. The van der Waals surface area contributed by atoms with Crippen LogP contribution in [0.5, 0.6) is 5.75 Å². The van der Waals surface area contributed by atoms with E-state index in [2.05, 4.69) is 81.2 Å². The topological polar surface area (TPSA) is 21.7 Å². The molecule has 0 saturated carbocycles. The molecule has 0 spiro atoms. The van der Waals surface area contributed by atoms with Crippen molar-refractivity contribution in [2.24, 2.45) is 0 Å². The summed E-state index contributed by atoms with van der Waals surface area (Å²) in [6.07, 6.45) is -0.0760. The molecule has 2 aromatic rings. The summed E-state index contributed by atoms with van der Waals surface area (Å²) in [5.74, 6) is 0.888. The minimum absolute atomic E-state index is 0.0310. The molecule has 3 rings (SSSR count). The van der Waals surface area contributed by atoms with Crippen LogP contribution in [0.4, 0.5) is 0 Å². The molecule has 3 heteroatoms. The molecule has 0 amide bonds. The fourth-order valence-electron chi connectivity index (χ4n) is 3.18. The lowest BCUT2D eigenvalue weighted by Crippen LogP contribution is -2.44. The minimum atomic E-state index is -0.107. The second-order valence-corrected chi connectivity index (χ2v) is 7.89. The van der Waals surface area contributed by atoms with Crippen LogP contribution in [0.25, 0.3) is 0 Å². The molecule has 2 aromatic carbocycles. The molecule has 25 heavy (non-hydrogen) atoms. The molecule has 2 unspecified atom stereocenters. The molecule has 0 radical (unpaired) electrons. The van der Waals surface area contributed by atoms with Crippen LogP contribution in [0.1, 0.15) is 38.0 Å². The molecule has 1 heterocycles. The Morgan fingerprint density at radius 1 is 1.04 bits per heavy atom. The minimum Gasteiger partial charge on any atom is -0.483 e. The molecule has 134 valence electrons. The zero-order valence-corrected chi connectivity index (χ0v) is 15.7. The largest absolute Gasteiger partial charge is 0.483 e. The highest BCUT2D eigenvalue weighted by atomic mass is 16.5. The number of ether oxygens (including phenoxy) is 2. The monoisotopic (exact) mass is 339 g/mol. The number of nitrogens with zero attached hydrogens (tertiary/aromatic N) is 1. The van der Waals surface area contributed by atoms with Crippen molar-refractivity contribution >= 4 is 0 Å². The van der Waals surface area contributed by atoms with Gasteiger partial charge in [0.15, 0.2) is 6.10 Å². The zero-order valence-electron chi connectivity index (χ0n) is 15.7. The van der Waals surface area contributed by atoms with Crippen LogP contribution < -0.4 is 4.74 Å². The Balaban J connectivity index is 1.82. The highest BCUT2D eigenvalue weighted by Gasteiger charge is 2.30. The van der Waals surface area contributed by atoms with Gasteiger partial charge in [0.05, 0.1) is 6.61 Å². The van der Waals surface area contributed by atoms with E-state index in [1.165, 1.54) is 5.56 Å². The second kappa shape index (κ2) is 7.59. The highest BCUT2D eigenvalue weighted by molar-refractivity contribution is 5.32. The van der Waals surface area contributed by atoms with Gasteiger partial charge in [-0.05, 0) is 35.7 Å². The van der Waals surface area contributed by atoms with E-state index in [4.69, 9.17) is 9.47 Å². The average molecular weight is 339 g/mol. The molecule has 1 saturated heterocycles. The van der Waals surface area contributed by atoms with E-state index >= 15 is 0 Å². The maximum Gasteiger partial charge on any atom is 0.151 e. The third-order valence-electron chi connectivity index (χ3n) is 4.75. The molecular formula is C22H29NO2. The van der Waals surface area contributed by atoms with Crippen LogP contribution in [0, 0.1) is 0 Å². The molecule has 1 aliphatic rings. The lowest BCUT2D eigenvalue weighted by molar-refractivity contribution is -0.0760. The van der Waals surface area contributed by atoms with Crippen molar-refractivity contribution in [3.63, 3.8) is 0 Å². The van der Waals surface area contributed by atoms with Crippen LogP contribution in [0.3, 0.4) is 0 Å². The first-order valence-corrected chi connectivity index (χ1v) is 9.06. The summed E-state index contributed by atoms with van der Waals surface area (Å²) in [6.45, 7) is 9.26. The predicted molar refractivity (Wildman–Crippen MR) is 102 cm³/mol. The first kappa shape index (κ1) is 18.0. The number of likely N-dealkylation sites (N-methyl/N-ethyl adjacent to an activating group) is 1. The Bertz CT molecular complexity index is 661. The molecule has 2 atom stereocenters. The van der Waals surface area contributed by atoms with Gasteiger partial charge in [0.2, 0.25) is 0 Å². The molecule has 0 N–H and O–H groups in total. The summed E-state index contributed by atoms with van der Waals surface area (Å²) >= 11 is 0. The van der Waals surface area contributed by atoms with E-state index in [9.17, 15) is 0 Å². The van der Waals surface area contributed by atoms with Crippen LogP contribution in [-0.4, -0.2) is 37.7 Å². The van der Waals surface area contributed by atoms with Crippen LogP contribution in [0.2, 0.25) is 0 Å². The first-order valence-electron chi connectivity index (χ1n) is 9.06.